The minimum atomic E-state index is -0.432. The van der Waals surface area contributed by atoms with Gasteiger partial charge in [-0.25, -0.2) is 4.90 Å². The van der Waals surface area contributed by atoms with Gasteiger partial charge < -0.3 is 14.8 Å². The number of amides is 3. The third-order valence-corrected chi connectivity index (χ3v) is 6.31. The summed E-state index contributed by atoms with van der Waals surface area (Å²) in [5.74, 6) is 0.0777. The molecule has 1 heterocycles. The van der Waals surface area contributed by atoms with E-state index in [0.717, 1.165) is 27.9 Å². The third-order valence-electron chi connectivity index (χ3n) is 5.20. The normalized spacial score (nSPS) is 14.3. The van der Waals surface area contributed by atoms with E-state index >= 15 is 0 Å². The Morgan fingerprint density at radius 3 is 2.58 bits per heavy atom. The highest BCUT2D eigenvalue weighted by atomic mass is 35.5. The summed E-state index contributed by atoms with van der Waals surface area (Å²) in [5.41, 5.74) is 2.73. The van der Waals surface area contributed by atoms with E-state index in [4.69, 9.17) is 21.1 Å². The zero-order chi connectivity index (χ0) is 25.7. The summed E-state index contributed by atoms with van der Waals surface area (Å²) in [6, 6.07) is 19.1. The Morgan fingerprint density at radius 1 is 1.03 bits per heavy atom. The first-order chi connectivity index (χ1) is 17.4. The van der Waals surface area contributed by atoms with Gasteiger partial charge in [-0.3, -0.25) is 14.4 Å². The summed E-state index contributed by atoms with van der Waals surface area (Å²) in [7, 11) is 0. The average molecular weight is 523 g/mol. The number of anilines is 2. The van der Waals surface area contributed by atoms with Crippen molar-refractivity contribution >= 4 is 57.9 Å². The second-order valence-electron chi connectivity index (χ2n) is 7.79. The van der Waals surface area contributed by atoms with E-state index in [2.05, 4.69) is 5.32 Å². The van der Waals surface area contributed by atoms with Gasteiger partial charge in [0.15, 0.2) is 18.1 Å². The highest BCUT2D eigenvalue weighted by molar-refractivity contribution is 8.19. The zero-order valence-corrected chi connectivity index (χ0v) is 21.2. The average Bonchev–Trinajstić information content (AvgIpc) is 3.12. The molecule has 0 unspecified atom stereocenters. The van der Waals surface area contributed by atoms with Crippen LogP contribution in [0.5, 0.6) is 11.5 Å². The van der Waals surface area contributed by atoms with Gasteiger partial charge in [-0.2, -0.15) is 0 Å². The number of ether oxygens (including phenoxy) is 2. The van der Waals surface area contributed by atoms with Crippen molar-refractivity contribution in [1.82, 2.24) is 0 Å². The molecule has 3 aromatic rings. The van der Waals surface area contributed by atoms with Crippen molar-refractivity contribution in [3.8, 4) is 11.5 Å². The van der Waals surface area contributed by atoms with Crippen molar-refractivity contribution in [3.05, 3.63) is 87.8 Å². The van der Waals surface area contributed by atoms with Crippen LogP contribution in [0.2, 0.25) is 5.02 Å². The molecule has 1 aliphatic heterocycles. The van der Waals surface area contributed by atoms with Gasteiger partial charge in [-0.15, -0.1) is 0 Å². The van der Waals surface area contributed by atoms with E-state index in [1.165, 1.54) is 0 Å². The number of aryl methyl sites for hydroxylation is 1. The summed E-state index contributed by atoms with van der Waals surface area (Å²) in [6.07, 6.45) is 1.62. The largest absolute Gasteiger partial charge is 0.490 e. The molecule has 0 atom stereocenters. The van der Waals surface area contributed by atoms with E-state index in [-0.39, 0.29) is 17.4 Å². The van der Waals surface area contributed by atoms with Gasteiger partial charge in [-0.05, 0) is 79.2 Å². The molecule has 4 rings (SSSR count). The fourth-order valence-electron chi connectivity index (χ4n) is 3.50. The maximum atomic E-state index is 12.9. The maximum Gasteiger partial charge on any atom is 0.298 e. The van der Waals surface area contributed by atoms with Crippen LogP contribution in [0.4, 0.5) is 16.2 Å². The molecule has 1 aliphatic rings. The van der Waals surface area contributed by atoms with E-state index in [1.807, 2.05) is 38.1 Å². The van der Waals surface area contributed by atoms with Crippen LogP contribution < -0.4 is 19.7 Å². The number of hydrogen-bond acceptors (Lipinski definition) is 6. The molecule has 184 valence electrons. The summed E-state index contributed by atoms with van der Waals surface area (Å²) in [6.45, 7) is 3.91. The van der Waals surface area contributed by atoms with Crippen LogP contribution in [-0.2, 0) is 9.59 Å². The quantitative estimate of drug-likeness (QED) is 0.349. The molecule has 0 aromatic heterocycles. The summed E-state index contributed by atoms with van der Waals surface area (Å²) in [5, 5.41) is 2.85. The van der Waals surface area contributed by atoms with Crippen LogP contribution in [0.15, 0.2) is 71.6 Å². The van der Waals surface area contributed by atoms with Crippen LogP contribution in [0.1, 0.15) is 18.1 Å². The predicted molar refractivity (Wildman–Crippen MR) is 143 cm³/mol. The van der Waals surface area contributed by atoms with Crippen molar-refractivity contribution in [3.63, 3.8) is 0 Å². The molecule has 7 nitrogen and oxygen atoms in total. The molecule has 3 amide bonds. The number of nitrogens with one attached hydrogen (secondary N) is 1. The topological polar surface area (TPSA) is 84.9 Å². The Kier molecular flexibility index (Phi) is 7.97. The Morgan fingerprint density at radius 2 is 1.83 bits per heavy atom. The number of rotatable bonds is 8. The van der Waals surface area contributed by atoms with Gasteiger partial charge in [-0.1, -0.05) is 41.9 Å². The molecule has 0 radical (unpaired) electrons. The molecule has 9 heteroatoms. The lowest BCUT2D eigenvalue weighted by atomic mass is 10.1. The Hall–Kier alpha value is -3.75. The Balaban J connectivity index is 1.48. The van der Waals surface area contributed by atoms with Crippen molar-refractivity contribution in [2.24, 2.45) is 0 Å². The van der Waals surface area contributed by atoms with Crippen LogP contribution in [0.3, 0.4) is 0 Å². The number of nitrogens with zero attached hydrogens (tertiary/aromatic N) is 1. The maximum absolute atomic E-state index is 12.9. The number of imide groups is 1. The molecule has 36 heavy (non-hydrogen) atoms. The van der Waals surface area contributed by atoms with Crippen LogP contribution in [-0.4, -0.2) is 30.3 Å². The predicted octanol–water partition coefficient (Wildman–Crippen LogP) is 6.31. The van der Waals surface area contributed by atoms with Gasteiger partial charge in [0.1, 0.15) is 0 Å². The highest BCUT2D eigenvalue weighted by Crippen LogP contribution is 2.37. The molecular formula is C27H23ClN2O5S. The number of carbonyl (C=O) groups excluding carboxylic acids is 3. The van der Waals surface area contributed by atoms with Gasteiger partial charge in [0.2, 0.25) is 0 Å². The number of benzene rings is 3. The second-order valence-corrected chi connectivity index (χ2v) is 9.22. The van der Waals surface area contributed by atoms with Crippen molar-refractivity contribution in [2.75, 3.05) is 23.4 Å². The second kappa shape index (κ2) is 11.3. The zero-order valence-electron chi connectivity index (χ0n) is 19.6. The fourth-order valence-corrected chi connectivity index (χ4v) is 4.53. The van der Waals surface area contributed by atoms with Crippen molar-refractivity contribution in [2.45, 2.75) is 13.8 Å². The lowest BCUT2D eigenvalue weighted by Crippen LogP contribution is -2.27. The fraction of sp³-hybridized carbons (Fsp3) is 0.148. The van der Waals surface area contributed by atoms with Crippen LogP contribution >= 0.6 is 23.4 Å². The first-order valence-electron chi connectivity index (χ1n) is 11.1. The number of hydrogen-bond donors (Lipinski definition) is 1. The first-order valence-corrected chi connectivity index (χ1v) is 12.3. The van der Waals surface area contributed by atoms with E-state index < -0.39 is 11.1 Å². The summed E-state index contributed by atoms with van der Waals surface area (Å²) in [4.78, 5) is 39.2. The molecular weight excluding hydrogens is 500 g/mol. The lowest BCUT2D eigenvalue weighted by molar-refractivity contribution is -0.118. The monoisotopic (exact) mass is 522 g/mol. The molecule has 0 saturated carbocycles. The molecule has 3 aromatic carbocycles. The summed E-state index contributed by atoms with van der Waals surface area (Å²) >= 11 is 6.87. The van der Waals surface area contributed by atoms with E-state index in [1.54, 1.807) is 48.5 Å². The smallest absolute Gasteiger partial charge is 0.298 e. The van der Waals surface area contributed by atoms with Crippen LogP contribution in [0, 0.1) is 6.92 Å². The summed E-state index contributed by atoms with van der Waals surface area (Å²) < 4.78 is 11.4. The van der Waals surface area contributed by atoms with Gasteiger partial charge in [0, 0.05) is 10.7 Å². The SMILES string of the molecule is CCOc1cc(/C=C2/SC(=O)N(c3cccc(Cl)c3)C2=O)ccc1OCC(=O)Nc1ccccc1C. The van der Waals surface area contributed by atoms with Crippen molar-refractivity contribution in [1.29, 1.82) is 0 Å². The van der Waals surface area contributed by atoms with Gasteiger partial charge in [0.25, 0.3) is 17.1 Å². The van der Waals surface area contributed by atoms with Crippen molar-refractivity contribution < 1.29 is 23.9 Å². The standard InChI is InChI=1S/C27H23ClN2O5S/c1-3-34-23-13-18(11-12-22(23)35-16-25(31)29-21-10-5-4-7-17(21)2)14-24-26(32)30(27(33)36-24)20-9-6-8-19(28)15-20/h4-15H,3,16H2,1-2H3,(H,29,31)/b24-14+. The first kappa shape index (κ1) is 25.3. The molecule has 0 aliphatic carbocycles. The Labute approximate surface area is 218 Å². The van der Waals surface area contributed by atoms with Crippen LogP contribution in [0.25, 0.3) is 6.08 Å². The number of thioether (sulfide) groups is 1. The minimum Gasteiger partial charge on any atom is -0.490 e. The molecule has 1 fully saturated rings. The lowest BCUT2D eigenvalue weighted by Gasteiger charge is -2.13. The van der Waals surface area contributed by atoms with E-state index in [9.17, 15) is 14.4 Å². The van der Waals surface area contributed by atoms with E-state index in [0.29, 0.717) is 34.4 Å². The molecule has 1 N–H and O–H groups in total. The molecule has 0 bridgehead atoms. The molecule has 0 spiro atoms. The third kappa shape index (κ3) is 5.90. The number of carbonyl (C=O) groups is 3. The highest BCUT2D eigenvalue weighted by Gasteiger charge is 2.36. The van der Waals surface area contributed by atoms with Gasteiger partial charge in [0.05, 0.1) is 17.2 Å². The Bertz CT molecular complexity index is 1360. The minimum absolute atomic E-state index is 0.202. The number of halogens is 1. The molecule has 1 saturated heterocycles. The van der Waals surface area contributed by atoms with Gasteiger partial charge >= 0.3 is 0 Å². The number of para-hydroxylation sites is 1.